The quantitative estimate of drug-likeness (QED) is 0.851. The van der Waals surface area contributed by atoms with Gasteiger partial charge in [0.25, 0.3) is 0 Å². The van der Waals surface area contributed by atoms with Gasteiger partial charge in [0.1, 0.15) is 0 Å². The molecule has 2 aromatic rings. The summed E-state index contributed by atoms with van der Waals surface area (Å²) in [7, 11) is 0. The molecule has 0 spiro atoms. The van der Waals surface area contributed by atoms with Crippen molar-refractivity contribution in [2.24, 2.45) is 5.92 Å². The molecule has 8 nitrogen and oxygen atoms in total. The number of nitrogens with zero attached hydrogens (tertiary/aromatic N) is 3. The van der Waals surface area contributed by atoms with Gasteiger partial charge in [-0.15, -0.1) is 0 Å². The predicted octanol–water partition coefficient (Wildman–Crippen LogP) is 2.49. The van der Waals surface area contributed by atoms with Gasteiger partial charge < -0.3 is 19.5 Å². The van der Waals surface area contributed by atoms with Gasteiger partial charge in [0.2, 0.25) is 17.6 Å². The van der Waals surface area contributed by atoms with Crippen LogP contribution in [-0.2, 0) is 22.4 Å². The average molecular weight is 384 g/mol. The number of aromatic nitrogens is 2. The fraction of sp³-hybridized carbons (Fsp3) is 0.500. The van der Waals surface area contributed by atoms with Gasteiger partial charge in [0.05, 0.1) is 12.6 Å². The number of aryl methyl sites for hydroxylation is 2. The van der Waals surface area contributed by atoms with E-state index in [1.807, 2.05) is 19.1 Å². The fourth-order valence-electron chi connectivity index (χ4n) is 3.73. The Morgan fingerprint density at radius 3 is 2.89 bits per heavy atom. The molecule has 2 amide bonds. The lowest BCUT2D eigenvalue weighted by atomic mass is 10.0. The maximum Gasteiger partial charge on any atom is 0.407 e. The molecular formula is C20H24N4O4. The van der Waals surface area contributed by atoms with E-state index >= 15 is 0 Å². The molecule has 1 saturated heterocycles. The molecule has 2 heterocycles. The molecule has 2 aliphatic rings. The third-order valence-electron chi connectivity index (χ3n) is 5.39. The molecule has 28 heavy (non-hydrogen) atoms. The van der Waals surface area contributed by atoms with Crippen LogP contribution in [0.15, 0.2) is 22.7 Å². The van der Waals surface area contributed by atoms with E-state index in [1.54, 1.807) is 11.8 Å². The standard InChI is InChI=1S/C20H24N4O4/c1-3-18-22-19(23-28-18)15-4-6-16-14(8-15)5-7-17(16)21-20(26)27-11-13-9-24(10-13)12(2)25/h4,6,8,13,17H,3,5,7,9-11H2,1-2H3,(H,21,26)/t17-/m1/s1. The first-order valence-corrected chi connectivity index (χ1v) is 9.68. The number of ether oxygens (including phenoxy) is 1. The minimum Gasteiger partial charge on any atom is -0.449 e. The summed E-state index contributed by atoms with van der Waals surface area (Å²) in [5.41, 5.74) is 3.21. The van der Waals surface area contributed by atoms with E-state index < -0.39 is 6.09 Å². The smallest absolute Gasteiger partial charge is 0.407 e. The molecular weight excluding hydrogens is 360 g/mol. The summed E-state index contributed by atoms with van der Waals surface area (Å²) >= 11 is 0. The van der Waals surface area contributed by atoms with Gasteiger partial charge in [-0.1, -0.05) is 24.2 Å². The summed E-state index contributed by atoms with van der Waals surface area (Å²) < 4.78 is 10.5. The summed E-state index contributed by atoms with van der Waals surface area (Å²) in [5, 5.41) is 6.97. The maximum absolute atomic E-state index is 12.1. The van der Waals surface area contributed by atoms with Gasteiger partial charge in [0, 0.05) is 37.9 Å². The van der Waals surface area contributed by atoms with Gasteiger partial charge in [-0.05, 0) is 30.0 Å². The number of alkyl carbamates (subject to hydrolysis) is 1. The van der Waals surface area contributed by atoms with Gasteiger partial charge in [-0.25, -0.2) is 4.79 Å². The molecule has 1 aliphatic heterocycles. The molecule has 1 aromatic heterocycles. The molecule has 1 atom stereocenters. The number of hydrogen-bond donors (Lipinski definition) is 1. The first-order valence-electron chi connectivity index (χ1n) is 9.68. The predicted molar refractivity (Wildman–Crippen MR) is 100 cm³/mol. The monoisotopic (exact) mass is 384 g/mol. The SMILES string of the molecule is CCc1nc(-c2ccc3c(c2)CC[C@H]3NC(=O)OCC2CN(C(C)=O)C2)no1. The molecule has 4 rings (SSSR count). The van der Waals surface area contributed by atoms with Crippen molar-refractivity contribution in [3.05, 3.63) is 35.2 Å². The summed E-state index contributed by atoms with van der Waals surface area (Å²) in [6, 6.07) is 5.99. The lowest BCUT2D eigenvalue weighted by molar-refractivity contribution is -0.135. The number of fused-ring (bicyclic) bond motifs is 1. The van der Waals surface area contributed by atoms with E-state index in [-0.39, 0.29) is 17.9 Å². The summed E-state index contributed by atoms with van der Waals surface area (Å²) in [5.74, 6) is 1.51. The minimum absolute atomic E-state index is 0.0527. The van der Waals surface area contributed by atoms with Crippen LogP contribution in [0.4, 0.5) is 4.79 Å². The average Bonchev–Trinajstić information content (AvgIpc) is 3.27. The molecule has 1 aliphatic carbocycles. The summed E-state index contributed by atoms with van der Waals surface area (Å²) in [6.07, 6.45) is 2.01. The van der Waals surface area contributed by atoms with E-state index in [0.717, 1.165) is 24.0 Å². The fourth-order valence-corrected chi connectivity index (χ4v) is 3.73. The highest BCUT2D eigenvalue weighted by molar-refractivity contribution is 5.74. The van der Waals surface area contributed by atoms with Crippen molar-refractivity contribution < 1.29 is 18.8 Å². The molecule has 1 aromatic carbocycles. The number of carbonyl (C=O) groups is 2. The third-order valence-corrected chi connectivity index (χ3v) is 5.39. The van der Waals surface area contributed by atoms with E-state index in [0.29, 0.717) is 37.8 Å². The Bertz CT molecular complexity index is 888. The number of rotatable bonds is 5. The van der Waals surface area contributed by atoms with Crippen molar-refractivity contribution in [1.82, 2.24) is 20.4 Å². The molecule has 0 unspecified atom stereocenters. The number of benzene rings is 1. The van der Waals surface area contributed by atoms with Gasteiger partial charge in [0.15, 0.2) is 0 Å². The van der Waals surface area contributed by atoms with Crippen molar-refractivity contribution in [2.45, 2.75) is 39.2 Å². The number of likely N-dealkylation sites (tertiary alicyclic amines) is 1. The molecule has 148 valence electrons. The van der Waals surface area contributed by atoms with E-state index in [4.69, 9.17) is 9.26 Å². The Morgan fingerprint density at radius 2 is 2.18 bits per heavy atom. The Balaban J connectivity index is 1.32. The molecule has 0 saturated carbocycles. The maximum atomic E-state index is 12.1. The zero-order valence-corrected chi connectivity index (χ0v) is 16.1. The van der Waals surface area contributed by atoms with Crippen LogP contribution in [0.25, 0.3) is 11.4 Å². The van der Waals surface area contributed by atoms with Crippen molar-refractivity contribution in [3.8, 4) is 11.4 Å². The van der Waals surface area contributed by atoms with Crippen molar-refractivity contribution in [3.63, 3.8) is 0 Å². The third kappa shape index (κ3) is 3.72. The van der Waals surface area contributed by atoms with Crippen LogP contribution >= 0.6 is 0 Å². The Kier molecular flexibility index (Phi) is 5.02. The molecule has 8 heteroatoms. The lowest BCUT2D eigenvalue weighted by Gasteiger charge is -2.38. The second-order valence-electron chi connectivity index (χ2n) is 7.40. The normalized spacial score (nSPS) is 18.5. The van der Waals surface area contributed by atoms with E-state index in [1.165, 1.54) is 5.56 Å². The van der Waals surface area contributed by atoms with E-state index in [2.05, 4.69) is 21.5 Å². The van der Waals surface area contributed by atoms with Gasteiger partial charge in [-0.3, -0.25) is 4.79 Å². The van der Waals surface area contributed by atoms with Crippen LogP contribution < -0.4 is 5.32 Å². The van der Waals surface area contributed by atoms with Crippen molar-refractivity contribution >= 4 is 12.0 Å². The Labute approximate surface area is 163 Å². The molecule has 1 N–H and O–H groups in total. The van der Waals surface area contributed by atoms with Crippen LogP contribution in [0.3, 0.4) is 0 Å². The second kappa shape index (κ2) is 7.61. The van der Waals surface area contributed by atoms with Crippen molar-refractivity contribution in [2.75, 3.05) is 19.7 Å². The van der Waals surface area contributed by atoms with Crippen LogP contribution in [-0.4, -0.2) is 46.7 Å². The number of amides is 2. The summed E-state index contributed by atoms with van der Waals surface area (Å²) in [4.78, 5) is 29.4. The van der Waals surface area contributed by atoms with Crippen LogP contribution in [0, 0.1) is 5.92 Å². The minimum atomic E-state index is -0.408. The van der Waals surface area contributed by atoms with Gasteiger partial charge >= 0.3 is 6.09 Å². The Morgan fingerprint density at radius 1 is 1.36 bits per heavy atom. The highest BCUT2D eigenvalue weighted by atomic mass is 16.5. The summed E-state index contributed by atoms with van der Waals surface area (Å²) in [6.45, 7) is 5.18. The molecule has 0 radical (unpaired) electrons. The number of hydrogen-bond acceptors (Lipinski definition) is 6. The van der Waals surface area contributed by atoms with Gasteiger partial charge in [-0.2, -0.15) is 4.98 Å². The highest BCUT2D eigenvalue weighted by Gasteiger charge is 2.30. The molecule has 0 bridgehead atoms. The van der Waals surface area contributed by atoms with Crippen LogP contribution in [0.2, 0.25) is 0 Å². The first-order chi connectivity index (χ1) is 13.5. The second-order valence-corrected chi connectivity index (χ2v) is 7.40. The topological polar surface area (TPSA) is 97.6 Å². The number of nitrogens with one attached hydrogen (secondary N) is 1. The Hall–Kier alpha value is -2.90. The van der Waals surface area contributed by atoms with Crippen molar-refractivity contribution in [1.29, 1.82) is 0 Å². The number of carbonyl (C=O) groups excluding carboxylic acids is 2. The molecule has 1 fully saturated rings. The zero-order chi connectivity index (χ0) is 19.7. The lowest BCUT2D eigenvalue weighted by Crippen LogP contribution is -2.51. The van der Waals surface area contributed by atoms with Crippen LogP contribution in [0.1, 0.15) is 43.3 Å². The zero-order valence-electron chi connectivity index (χ0n) is 16.1. The highest BCUT2D eigenvalue weighted by Crippen LogP contribution is 2.33. The largest absolute Gasteiger partial charge is 0.449 e. The van der Waals surface area contributed by atoms with E-state index in [9.17, 15) is 9.59 Å². The van der Waals surface area contributed by atoms with Crippen LogP contribution in [0.5, 0.6) is 0 Å². The first kappa shape index (κ1) is 18.5.